The van der Waals surface area contributed by atoms with Crippen molar-refractivity contribution in [3.63, 3.8) is 0 Å². The average molecular weight is 196 g/mol. The first kappa shape index (κ1) is 9.61. The number of rotatable bonds is 4. The first-order chi connectivity index (χ1) is 6.92. The zero-order valence-electron chi connectivity index (χ0n) is 8.36. The van der Waals surface area contributed by atoms with E-state index in [9.17, 15) is 0 Å². The Morgan fingerprint density at radius 1 is 1.79 bits per heavy atom. The normalized spacial score (nSPS) is 23.9. The molecule has 1 fully saturated rings. The number of hydrogen-bond donors (Lipinski definition) is 2. The number of aromatic nitrogens is 3. The van der Waals surface area contributed by atoms with Gasteiger partial charge >= 0.3 is 0 Å². The smallest absolute Gasteiger partial charge is 0.0997 e. The maximum atomic E-state index is 5.38. The third-order valence-corrected chi connectivity index (χ3v) is 2.61. The number of H-pyrrole nitrogens is 1. The number of ether oxygens (including phenoxy) is 1. The van der Waals surface area contributed by atoms with Gasteiger partial charge in [-0.2, -0.15) is 15.4 Å². The van der Waals surface area contributed by atoms with Gasteiger partial charge in [0.05, 0.1) is 24.5 Å². The van der Waals surface area contributed by atoms with Crippen LogP contribution < -0.4 is 5.32 Å². The number of nitrogens with zero attached hydrogens (tertiary/aromatic N) is 2. The molecule has 1 aliphatic rings. The Morgan fingerprint density at radius 3 is 3.29 bits per heavy atom. The van der Waals surface area contributed by atoms with Gasteiger partial charge in [0.2, 0.25) is 0 Å². The van der Waals surface area contributed by atoms with Gasteiger partial charge in [0.1, 0.15) is 0 Å². The molecule has 2 atom stereocenters. The van der Waals surface area contributed by atoms with Crippen molar-refractivity contribution in [1.29, 1.82) is 0 Å². The zero-order chi connectivity index (χ0) is 9.80. The number of hydrogen-bond acceptors (Lipinski definition) is 4. The van der Waals surface area contributed by atoms with Gasteiger partial charge in [0, 0.05) is 12.5 Å². The Balaban J connectivity index is 2.06. The van der Waals surface area contributed by atoms with E-state index in [1.165, 1.54) is 0 Å². The average Bonchev–Trinajstić information content (AvgIpc) is 2.87. The molecule has 2 N–H and O–H groups in total. The Hall–Kier alpha value is -0.940. The highest BCUT2D eigenvalue weighted by Crippen LogP contribution is 2.26. The van der Waals surface area contributed by atoms with E-state index in [1.807, 2.05) is 0 Å². The van der Waals surface area contributed by atoms with Crippen molar-refractivity contribution >= 4 is 0 Å². The van der Waals surface area contributed by atoms with Crippen molar-refractivity contribution in [3.8, 4) is 0 Å². The second-order valence-corrected chi connectivity index (χ2v) is 3.55. The SMILES string of the molecule is CCNC(c1cn[nH]n1)C1CCOC1. The fraction of sp³-hybridized carbons (Fsp3) is 0.778. The minimum Gasteiger partial charge on any atom is -0.381 e. The lowest BCUT2D eigenvalue weighted by Gasteiger charge is -2.20. The summed E-state index contributed by atoms with van der Waals surface area (Å²) in [7, 11) is 0. The minimum absolute atomic E-state index is 0.279. The minimum atomic E-state index is 0.279. The molecule has 0 bridgehead atoms. The van der Waals surface area contributed by atoms with Gasteiger partial charge in [0.15, 0.2) is 0 Å². The summed E-state index contributed by atoms with van der Waals surface area (Å²) < 4.78 is 5.38. The summed E-state index contributed by atoms with van der Waals surface area (Å²) in [4.78, 5) is 0. The predicted octanol–water partition coefficient (Wildman–Crippen LogP) is 0.492. The number of nitrogens with one attached hydrogen (secondary N) is 2. The van der Waals surface area contributed by atoms with Crippen molar-refractivity contribution in [2.75, 3.05) is 19.8 Å². The molecule has 2 heterocycles. The molecule has 1 aliphatic heterocycles. The maximum absolute atomic E-state index is 5.38. The molecular formula is C9H16N4O. The predicted molar refractivity (Wildman–Crippen MR) is 51.7 cm³/mol. The van der Waals surface area contributed by atoms with Gasteiger partial charge in [-0.15, -0.1) is 0 Å². The first-order valence-electron chi connectivity index (χ1n) is 5.08. The van der Waals surface area contributed by atoms with Crippen molar-refractivity contribution in [1.82, 2.24) is 20.7 Å². The van der Waals surface area contributed by atoms with Crippen LogP contribution in [0.2, 0.25) is 0 Å². The summed E-state index contributed by atoms with van der Waals surface area (Å²) in [6.07, 6.45) is 2.89. The molecule has 1 saturated heterocycles. The van der Waals surface area contributed by atoms with Crippen molar-refractivity contribution < 1.29 is 4.74 Å². The lowest BCUT2D eigenvalue weighted by molar-refractivity contribution is 0.176. The largest absolute Gasteiger partial charge is 0.381 e. The van der Waals surface area contributed by atoms with E-state index >= 15 is 0 Å². The van der Waals surface area contributed by atoms with E-state index in [1.54, 1.807) is 6.20 Å². The van der Waals surface area contributed by atoms with Crippen LogP contribution in [-0.4, -0.2) is 35.2 Å². The zero-order valence-corrected chi connectivity index (χ0v) is 8.36. The Labute approximate surface area is 83.2 Å². The van der Waals surface area contributed by atoms with Crippen LogP contribution in [0.15, 0.2) is 6.20 Å². The van der Waals surface area contributed by atoms with Crippen LogP contribution in [0, 0.1) is 5.92 Å². The highest BCUT2D eigenvalue weighted by molar-refractivity contribution is 5.02. The Morgan fingerprint density at radius 2 is 2.71 bits per heavy atom. The molecule has 78 valence electrons. The molecule has 5 nitrogen and oxygen atoms in total. The van der Waals surface area contributed by atoms with Crippen LogP contribution in [0.1, 0.15) is 25.1 Å². The molecular weight excluding hydrogens is 180 g/mol. The second-order valence-electron chi connectivity index (χ2n) is 3.55. The van der Waals surface area contributed by atoms with Crippen molar-refractivity contribution in [2.45, 2.75) is 19.4 Å². The topological polar surface area (TPSA) is 62.8 Å². The summed E-state index contributed by atoms with van der Waals surface area (Å²) in [5.74, 6) is 0.528. The van der Waals surface area contributed by atoms with E-state index < -0.39 is 0 Å². The number of aromatic amines is 1. The van der Waals surface area contributed by atoms with Crippen LogP contribution in [0.4, 0.5) is 0 Å². The molecule has 1 aromatic rings. The van der Waals surface area contributed by atoms with Crippen LogP contribution >= 0.6 is 0 Å². The highest BCUT2D eigenvalue weighted by Gasteiger charge is 2.27. The van der Waals surface area contributed by atoms with E-state index in [-0.39, 0.29) is 6.04 Å². The van der Waals surface area contributed by atoms with Crippen molar-refractivity contribution in [3.05, 3.63) is 11.9 Å². The molecule has 0 spiro atoms. The van der Waals surface area contributed by atoms with E-state index in [4.69, 9.17) is 4.74 Å². The quantitative estimate of drug-likeness (QED) is 0.735. The van der Waals surface area contributed by atoms with Crippen molar-refractivity contribution in [2.24, 2.45) is 5.92 Å². The fourth-order valence-electron chi connectivity index (χ4n) is 1.91. The molecule has 5 heteroatoms. The molecule has 0 aliphatic carbocycles. The summed E-state index contributed by atoms with van der Waals surface area (Å²) in [5.41, 5.74) is 0.988. The van der Waals surface area contributed by atoms with Gasteiger partial charge in [-0.05, 0) is 13.0 Å². The molecule has 0 amide bonds. The Bertz CT molecular complexity index is 256. The second kappa shape index (κ2) is 4.52. The van der Waals surface area contributed by atoms with Crippen LogP contribution in [0.25, 0.3) is 0 Å². The fourth-order valence-corrected chi connectivity index (χ4v) is 1.91. The van der Waals surface area contributed by atoms with E-state index in [2.05, 4.69) is 27.7 Å². The molecule has 2 rings (SSSR count). The first-order valence-corrected chi connectivity index (χ1v) is 5.08. The molecule has 0 radical (unpaired) electrons. The molecule has 0 aromatic carbocycles. The monoisotopic (exact) mass is 196 g/mol. The van der Waals surface area contributed by atoms with Crippen LogP contribution in [0.5, 0.6) is 0 Å². The molecule has 0 saturated carbocycles. The lowest BCUT2D eigenvalue weighted by Crippen LogP contribution is -2.28. The van der Waals surface area contributed by atoms with Crippen LogP contribution in [0.3, 0.4) is 0 Å². The summed E-state index contributed by atoms with van der Waals surface area (Å²) in [6, 6.07) is 0.279. The van der Waals surface area contributed by atoms with Gasteiger partial charge < -0.3 is 10.1 Å². The Kier molecular flexibility index (Phi) is 3.10. The standard InChI is InChI=1S/C9H16N4O/c1-2-10-9(7-3-4-14-6-7)8-5-11-13-12-8/h5,7,9-10H,2-4,6H2,1H3,(H,11,12,13). The lowest BCUT2D eigenvalue weighted by atomic mass is 9.96. The summed E-state index contributed by atoms with van der Waals surface area (Å²) in [6.45, 7) is 4.73. The third kappa shape index (κ3) is 1.93. The van der Waals surface area contributed by atoms with Gasteiger partial charge in [-0.1, -0.05) is 6.92 Å². The molecule has 1 aromatic heterocycles. The maximum Gasteiger partial charge on any atom is 0.0997 e. The molecule has 14 heavy (non-hydrogen) atoms. The van der Waals surface area contributed by atoms with Crippen LogP contribution in [-0.2, 0) is 4.74 Å². The van der Waals surface area contributed by atoms with E-state index in [0.29, 0.717) is 5.92 Å². The highest BCUT2D eigenvalue weighted by atomic mass is 16.5. The van der Waals surface area contributed by atoms with E-state index in [0.717, 1.165) is 31.9 Å². The summed E-state index contributed by atoms with van der Waals surface area (Å²) >= 11 is 0. The van der Waals surface area contributed by atoms with Gasteiger partial charge in [0.25, 0.3) is 0 Å². The van der Waals surface area contributed by atoms with Gasteiger partial charge in [-0.25, -0.2) is 0 Å². The summed E-state index contributed by atoms with van der Waals surface area (Å²) in [5, 5.41) is 14.0. The third-order valence-electron chi connectivity index (χ3n) is 2.61. The van der Waals surface area contributed by atoms with Gasteiger partial charge in [-0.3, -0.25) is 0 Å². The molecule has 2 unspecified atom stereocenters.